The van der Waals surface area contributed by atoms with Gasteiger partial charge in [0.05, 0.1) is 27.0 Å². The summed E-state index contributed by atoms with van der Waals surface area (Å²) < 4.78 is 15.5. The molecule has 0 aromatic heterocycles. The maximum atomic E-state index is 11.7. The number of carbonyl (C=O) groups excluding carboxylic acids is 2. The minimum absolute atomic E-state index is 0.372. The normalized spacial score (nSPS) is 11.3. The molecule has 7 nitrogen and oxygen atoms in total. The van der Waals surface area contributed by atoms with E-state index in [4.69, 9.17) is 25.8 Å². The van der Waals surface area contributed by atoms with Gasteiger partial charge in [0.25, 0.3) is 0 Å². The second kappa shape index (κ2) is 7.58. The van der Waals surface area contributed by atoms with E-state index in [-0.39, 0.29) is 0 Å². The van der Waals surface area contributed by atoms with Crippen molar-refractivity contribution in [3.05, 3.63) is 12.1 Å². The SMILES string of the molecule is COc1cc(NC(=O)NC(=O)C(C)Cl)cc(OC)c1OC. The summed E-state index contributed by atoms with van der Waals surface area (Å²) in [5, 5.41) is 3.77. The number of alkyl halides is 1. The van der Waals surface area contributed by atoms with Gasteiger partial charge in [-0.25, -0.2) is 4.79 Å². The fourth-order valence-corrected chi connectivity index (χ4v) is 1.58. The lowest BCUT2D eigenvalue weighted by Crippen LogP contribution is -2.38. The zero-order valence-corrected chi connectivity index (χ0v) is 12.9. The number of nitrogens with one attached hydrogen (secondary N) is 2. The van der Waals surface area contributed by atoms with Gasteiger partial charge in [-0.2, -0.15) is 0 Å². The third kappa shape index (κ3) is 4.42. The molecule has 2 N–H and O–H groups in total. The van der Waals surface area contributed by atoms with Crippen LogP contribution in [0.2, 0.25) is 0 Å². The summed E-state index contributed by atoms with van der Waals surface area (Å²) in [6, 6.07) is 2.37. The molecule has 0 heterocycles. The van der Waals surface area contributed by atoms with Gasteiger partial charge in [0.2, 0.25) is 11.7 Å². The second-order valence-corrected chi connectivity index (χ2v) is 4.63. The highest BCUT2D eigenvalue weighted by atomic mass is 35.5. The molecular formula is C13H17ClN2O5. The number of imide groups is 1. The van der Waals surface area contributed by atoms with Crippen LogP contribution < -0.4 is 24.8 Å². The van der Waals surface area contributed by atoms with E-state index in [1.54, 1.807) is 0 Å². The van der Waals surface area contributed by atoms with Gasteiger partial charge in [0.1, 0.15) is 5.38 Å². The molecule has 21 heavy (non-hydrogen) atoms. The van der Waals surface area contributed by atoms with Crippen molar-refractivity contribution in [3.8, 4) is 17.2 Å². The Labute approximate surface area is 127 Å². The third-order valence-corrected chi connectivity index (χ3v) is 2.72. The summed E-state index contributed by atoms with van der Waals surface area (Å²) in [4.78, 5) is 23.0. The first kappa shape index (κ1) is 16.9. The maximum Gasteiger partial charge on any atom is 0.325 e. The van der Waals surface area contributed by atoms with Gasteiger partial charge >= 0.3 is 6.03 Å². The lowest BCUT2D eigenvalue weighted by molar-refractivity contribution is -0.119. The Hall–Kier alpha value is -2.15. The van der Waals surface area contributed by atoms with Crippen molar-refractivity contribution in [2.45, 2.75) is 12.3 Å². The molecule has 1 aromatic rings. The Balaban J connectivity index is 2.93. The standard InChI is InChI=1S/C13H17ClN2O5/c1-7(14)12(17)16-13(18)15-8-5-9(19-2)11(21-4)10(6-8)20-3/h5-7H,1-4H3,(H2,15,16,17,18). The van der Waals surface area contributed by atoms with Crippen molar-refractivity contribution in [3.63, 3.8) is 0 Å². The highest BCUT2D eigenvalue weighted by Gasteiger charge is 2.16. The molecule has 0 fully saturated rings. The lowest BCUT2D eigenvalue weighted by atomic mass is 10.2. The molecule has 0 aliphatic heterocycles. The summed E-state index contributed by atoms with van der Waals surface area (Å²) in [6.45, 7) is 1.46. The van der Waals surface area contributed by atoms with E-state index in [9.17, 15) is 9.59 Å². The number of carbonyl (C=O) groups is 2. The summed E-state index contributed by atoms with van der Waals surface area (Å²) in [6.07, 6.45) is 0. The lowest BCUT2D eigenvalue weighted by Gasteiger charge is -2.14. The van der Waals surface area contributed by atoms with Crippen LogP contribution in [-0.4, -0.2) is 38.6 Å². The van der Waals surface area contributed by atoms with Crippen LogP contribution in [0.5, 0.6) is 17.2 Å². The monoisotopic (exact) mass is 316 g/mol. The summed E-state index contributed by atoms with van der Waals surface area (Å²) in [5.74, 6) is 0.561. The molecule has 0 radical (unpaired) electrons. The Kier molecular flexibility index (Phi) is 6.10. The van der Waals surface area contributed by atoms with Crippen LogP contribution in [0.3, 0.4) is 0 Å². The molecule has 1 unspecified atom stereocenters. The highest BCUT2D eigenvalue weighted by Crippen LogP contribution is 2.39. The average Bonchev–Trinajstić information content (AvgIpc) is 2.45. The van der Waals surface area contributed by atoms with Crippen LogP contribution in [0.25, 0.3) is 0 Å². The van der Waals surface area contributed by atoms with E-state index in [1.807, 2.05) is 0 Å². The van der Waals surface area contributed by atoms with Gasteiger partial charge in [-0.3, -0.25) is 10.1 Å². The number of urea groups is 1. The quantitative estimate of drug-likeness (QED) is 0.811. The number of benzene rings is 1. The molecule has 0 spiro atoms. The van der Waals surface area contributed by atoms with E-state index in [0.717, 1.165) is 0 Å². The molecule has 3 amide bonds. The van der Waals surface area contributed by atoms with Gasteiger partial charge in [0, 0.05) is 12.1 Å². The van der Waals surface area contributed by atoms with Gasteiger partial charge in [-0.1, -0.05) is 0 Å². The molecule has 0 saturated heterocycles. The number of methoxy groups -OCH3 is 3. The van der Waals surface area contributed by atoms with Crippen LogP contribution in [0, 0.1) is 0 Å². The third-order valence-electron chi connectivity index (χ3n) is 2.52. The van der Waals surface area contributed by atoms with Crippen molar-refractivity contribution in [2.75, 3.05) is 26.6 Å². The van der Waals surface area contributed by atoms with Crippen LogP contribution in [0.4, 0.5) is 10.5 Å². The number of hydrogen-bond acceptors (Lipinski definition) is 5. The number of halogens is 1. The minimum Gasteiger partial charge on any atom is -0.493 e. The summed E-state index contributed by atoms with van der Waals surface area (Å²) in [7, 11) is 4.39. The van der Waals surface area contributed by atoms with Crippen LogP contribution in [0.1, 0.15) is 6.92 Å². The van der Waals surface area contributed by atoms with E-state index < -0.39 is 17.3 Å². The van der Waals surface area contributed by atoms with Crippen molar-refractivity contribution < 1.29 is 23.8 Å². The predicted octanol–water partition coefficient (Wildman–Crippen LogP) is 1.99. The van der Waals surface area contributed by atoms with E-state index in [1.165, 1.54) is 40.4 Å². The average molecular weight is 317 g/mol. The van der Waals surface area contributed by atoms with Gasteiger partial charge in [-0.05, 0) is 6.92 Å². The summed E-state index contributed by atoms with van der Waals surface area (Å²) >= 11 is 5.56. The topological polar surface area (TPSA) is 85.9 Å². The largest absolute Gasteiger partial charge is 0.493 e. The van der Waals surface area contributed by atoms with Crippen molar-refractivity contribution in [1.82, 2.24) is 5.32 Å². The highest BCUT2D eigenvalue weighted by molar-refractivity contribution is 6.31. The second-order valence-electron chi connectivity index (χ2n) is 3.97. The molecule has 0 aliphatic rings. The van der Waals surface area contributed by atoms with Crippen molar-refractivity contribution in [1.29, 1.82) is 0 Å². The van der Waals surface area contributed by atoms with Crippen molar-refractivity contribution in [2.24, 2.45) is 0 Å². The molecule has 1 rings (SSSR count). The van der Waals surface area contributed by atoms with Gasteiger partial charge in [0.15, 0.2) is 11.5 Å². The fourth-order valence-electron chi connectivity index (χ4n) is 1.53. The maximum absolute atomic E-state index is 11.7. The first-order valence-corrected chi connectivity index (χ1v) is 6.42. The molecule has 8 heteroatoms. The molecule has 1 aromatic carbocycles. The number of anilines is 1. The first-order chi connectivity index (χ1) is 9.92. The molecule has 0 aliphatic carbocycles. The van der Waals surface area contributed by atoms with Crippen LogP contribution >= 0.6 is 11.6 Å². The van der Waals surface area contributed by atoms with Gasteiger partial charge < -0.3 is 19.5 Å². The fraction of sp³-hybridized carbons (Fsp3) is 0.385. The molecule has 0 bridgehead atoms. The number of ether oxygens (including phenoxy) is 3. The number of rotatable bonds is 5. The van der Waals surface area contributed by atoms with E-state index in [0.29, 0.717) is 22.9 Å². The van der Waals surface area contributed by atoms with Crippen LogP contribution in [0.15, 0.2) is 12.1 Å². The zero-order valence-electron chi connectivity index (χ0n) is 12.2. The number of hydrogen-bond donors (Lipinski definition) is 2. The Morgan fingerprint density at radius 1 is 1.10 bits per heavy atom. The Morgan fingerprint density at radius 3 is 2.00 bits per heavy atom. The van der Waals surface area contributed by atoms with Crippen LogP contribution in [-0.2, 0) is 4.79 Å². The molecule has 116 valence electrons. The number of amides is 3. The Bertz CT molecular complexity index is 508. The first-order valence-electron chi connectivity index (χ1n) is 5.98. The van der Waals surface area contributed by atoms with E-state index >= 15 is 0 Å². The smallest absolute Gasteiger partial charge is 0.325 e. The van der Waals surface area contributed by atoms with Crippen molar-refractivity contribution >= 4 is 29.2 Å². The zero-order chi connectivity index (χ0) is 16.0. The van der Waals surface area contributed by atoms with Gasteiger partial charge in [-0.15, -0.1) is 11.6 Å². The molecule has 0 saturated carbocycles. The summed E-state index contributed by atoms with van der Waals surface area (Å²) in [5.41, 5.74) is 0.372. The molecular weight excluding hydrogens is 300 g/mol. The Morgan fingerprint density at radius 2 is 1.62 bits per heavy atom. The minimum atomic E-state index is -0.810. The predicted molar refractivity (Wildman–Crippen MR) is 78.6 cm³/mol. The van der Waals surface area contributed by atoms with E-state index in [2.05, 4.69) is 10.6 Å². The molecule has 1 atom stereocenters.